The molecule has 0 bridgehead atoms. The molecule has 10 heteroatoms. The van der Waals surface area contributed by atoms with Crippen LogP contribution in [0, 0.1) is 18.3 Å². The van der Waals surface area contributed by atoms with Gasteiger partial charge in [-0.05, 0) is 48.9 Å². The number of methoxy groups -OCH3 is 1. The highest BCUT2D eigenvalue weighted by molar-refractivity contribution is 6.31. The van der Waals surface area contributed by atoms with Crippen molar-refractivity contribution in [2.24, 2.45) is 0 Å². The number of alkyl halides is 3. The highest BCUT2D eigenvalue weighted by Crippen LogP contribution is 2.39. The van der Waals surface area contributed by atoms with E-state index in [9.17, 15) is 18.0 Å². The number of para-hydroxylation sites is 1. The van der Waals surface area contributed by atoms with Crippen LogP contribution in [0.15, 0.2) is 59.8 Å². The number of carbonyl (C=O) groups excluding carboxylic acids is 1. The first-order chi connectivity index (χ1) is 16.6. The predicted octanol–water partition coefficient (Wildman–Crippen LogP) is 5.67. The minimum absolute atomic E-state index is 0.00644. The first-order valence-electron chi connectivity index (χ1n) is 10.5. The zero-order valence-corrected chi connectivity index (χ0v) is 20.1. The summed E-state index contributed by atoms with van der Waals surface area (Å²) in [4.78, 5) is 15.9. The number of anilines is 2. The van der Waals surface area contributed by atoms with Crippen LogP contribution in [0.2, 0.25) is 5.02 Å². The first-order valence-corrected chi connectivity index (χ1v) is 10.9. The Labute approximate surface area is 206 Å². The van der Waals surface area contributed by atoms with Gasteiger partial charge in [0, 0.05) is 25.7 Å². The van der Waals surface area contributed by atoms with Gasteiger partial charge in [0.25, 0.3) is 5.91 Å². The van der Waals surface area contributed by atoms with Crippen molar-refractivity contribution in [3.8, 4) is 11.8 Å². The van der Waals surface area contributed by atoms with E-state index in [4.69, 9.17) is 26.3 Å². The van der Waals surface area contributed by atoms with E-state index < -0.39 is 17.8 Å². The molecule has 0 fully saturated rings. The van der Waals surface area contributed by atoms with Crippen LogP contribution in [0.25, 0.3) is 0 Å². The number of hydrogen-bond acceptors (Lipinski definition) is 5. The van der Waals surface area contributed by atoms with E-state index in [1.165, 1.54) is 43.3 Å². The van der Waals surface area contributed by atoms with Crippen molar-refractivity contribution >= 4 is 28.9 Å². The summed E-state index contributed by atoms with van der Waals surface area (Å²) in [6, 6.07) is 11.1. The molecule has 35 heavy (non-hydrogen) atoms. The summed E-state index contributed by atoms with van der Waals surface area (Å²) in [6.07, 6.45) is -2.65. The molecule has 1 heterocycles. The Morgan fingerprint density at radius 3 is 2.66 bits per heavy atom. The van der Waals surface area contributed by atoms with Crippen LogP contribution in [-0.4, -0.2) is 46.0 Å². The minimum Gasteiger partial charge on any atom is -0.489 e. The Morgan fingerprint density at radius 2 is 2.00 bits per heavy atom. The lowest BCUT2D eigenvalue weighted by Gasteiger charge is -2.32. The molecule has 1 aliphatic heterocycles. The summed E-state index contributed by atoms with van der Waals surface area (Å²) in [5.41, 5.74) is 0.0232. The highest BCUT2D eigenvalue weighted by Gasteiger charge is 2.40. The number of halogens is 4. The van der Waals surface area contributed by atoms with Crippen molar-refractivity contribution in [2.45, 2.75) is 13.1 Å². The third-order valence-electron chi connectivity index (χ3n) is 5.36. The van der Waals surface area contributed by atoms with Crippen molar-refractivity contribution in [1.82, 2.24) is 0 Å². The van der Waals surface area contributed by atoms with E-state index in [1.807, 2.05) is 0 Å². The lowest BCUT2D eigenvalue weighted by Crippen LogP contribution is -2.36. The molecule has 0 radical (unpaired) electrons. The van der Waals surface area contributed by atoms with Gasteiger partial charge < -0.3 is 19.3 Å². The maximum atomic E-state index is 13.9. The van der Waals surface area contributed by atoms with E-state index in [2.05, 4.69) is 0 Å². The summed E-state index contributed by atoms with van der Waals surface area (Å²) in [7, 11) is 3.06. The molecule has 0 N–H and O–H groups in total. The molecule has 0 spiro atoms. The van der Waals surface area contributed by atoms with Gasteiger partial charge in [0.15, 0.2) is 0 Å². The molecular formula is C25H23ClF3N3O3. The van der Waals surface area contributed by atoms with Crippen LogP contribution in [0.1, 0.15) is 15.9 Å². The van der Waals surface area contributed by atoms with Crippen molar-refractivity contribution in [3.05, 3.63) is 76.0 Å². The van der Waals surface area contributed by atoms with Gasteiger partial charge in [-0.15, -0.1) is 0 Å². The third kappa shape index (κ3) is 5.78. The van der Waals surface area contributed by atoms with Gasteiger partial charge in [-0.1, -0.05) is 23.7 Å². The second-order valence-corrected chi connectivity index (χ2v) is 8.13. The Hall–Kier alpha value is -3.48. The van der Waals surface area contributed by atoms with Gasteiger partial charge in [-0.3, -0.25) is 4.79 Å². The average Bonchev–Trinajstić information content (AvgIpc) is 2.82. The van der Waals surface area contributed by atoms with Crippen LogP contribution in [0.4, 0.5) is 24.5 Å². The zero-order valence-electron chi connectivity index (χ0n) is 19.3. The molecule has 0 unspecified atom stereocenters. The largest absolute Gasteiger partial charge is 0.489 e. The van der Waals surface area contributed by atoms with Gasteiger partial charge in [0.1, 0.15) is 18.1 Å². The number of amides is 1. The minimum atomic E-state index is -4.76. The second-order valence-electron chi connectivity index (χ2n) is 7.70. The van der Waals surface area contributed by atoms with Crippen LogP contribution in [-0.2, 0) is 4.74 Å². The van der Waals surface area contributed by atoms with E-state index >= 15 is 0 Å². The number of allylic oxidation sites excluding steroid dienone is 3. The van der Waals surface area contributed by atoms with Crippen molar-refractivity contribution in [3.63, 3.8) is 0 Å². The number of ether oxygens (including phenoxy) is 2. The summed E-state index contributed by atoms with van der Waals surface area (Å²) in [5, 5.41) is 9.26. The molecule has 184 valence electrons. The number of carbonyl (C=O) groups is 1. The molecule has 0 atom stereocenters. The van der Waals surface area contributed by atoms with Crippen LogP contribution in [0.3, 0.4) is 0 Å². The number of nitrogens with zero attached hydrogens (tertiary/aromatic N) is 3. The number of hydrogen-bond donors (Lipinski definition) is 0. The zero-order chi connectivity index (χ0) is 25.8. The molecule has 2 aromatic rings. The highest BCUT2D eigenvalue weighted by atomic mass is 35.5. The van der Waals surface area contributed by atoms with Gasteiger partial charge in [0.05, 0.1) is 35.2 Å². The van der Waals surface area contributed by atoms with Crippen LogP contribution in [0.5, 0.6) is 5.75 Å². The van der Waals surface area contributed by atoms with Crippen LogP contribution < -0.4 is 14.5 Å². The van der Waals surface area contributed by atoms with E-state index in [1.54, 1.807) is 31.2 Å². The van der Waals surface area contributed by atoms with Gasteiger partial charge in [0.2, 0.25) is 0 Å². The fourth-order valence-corrected chi connectivity index (χ4v) is 3.88. The van der Waals surface area contributed by atoms with E-state index in [-0.39, 0.29) is 35.0 Å². The number of benzene rings is 2. The SMILES string of the molecule is COCCOc1cccc(C)c1N(C)C(=O)c1ccc(Cl)cc1N1CC=C(C#N)C=C1C(F)(F)F. The van der Waals surface area contributed by atoms with E-state index in [0.717, 1.165) is 16.5 Å². The normalized spacial score (nSPS) is 13.6. The maximum absolute atomic E-state index is 13.9. The topological polar surface area (TPSA) is 65.8 Å². The van der Waals surface area contributed by atoms with Gasteiger partial charge in [-0.25, -0.2) is 0 Å². The fourth-order valence-electron chi connectivity index (χ4n) is 3.72. The molecule has 0 saturated heterocycles. The van der Waals surface area contributed by atoms with Crippen molar-refractivity contribution in [1.29, 1.82) is 5.26 Å². The summed E-state index contributed by atoms with van der Waals surface area (Å²) >= 11 is 6.12. The molecule has 6 nitrogen and oxygen atoms in total. The lowest BCUT2D eigenvalue weighted by atomic mass is 10.0. The average molecular weight is 506 g/mol. The quantitative estimate of drug-likeness (QED) is 0.454. The Kier molecular flexibility index (Phi) is 8.10. The predicted molar refractivity (Wildman–Crippen MR) is 128 cm³/mol. The third-order valence-corrected chi connectivity index (χ3v) is 5.60. The summed E-state index contributed by atoms with van der Waals surface area (Å²) in [5.74, 6) is -0.122. The lowest BCUT2D eigenvalue weighted by molar-refractivity contribution is -0.0934. The fraction of sp³-hybridized carbons (Fsp3) is 0.280. The van der Waals surface area contributed by atoms with Crippen molar-refractivity contribution < 1.29 is 27.4 Å². The maximum Gasteiger partial charge on any atom is 0.431 e. The molecule has 2 aromatic carbocycles. The second kappa shape index (κ2) is 10.8. The van der Waals surface area contributed by atoms with Gasteiger partial charge >= 0.3 is 6.18 Å². The Bertz CT molecular complexity index is 1220. The summed E-state index contributed by atoms with van der Waals surface area (Å²) < 4.78 is 52.5. The Morgan fingerprint density at radius 1 is 1.26 bits per heavy atom. The monoisotopic (exact) mass is 505 g/mol. The number of aryl methyl sites for hydroxylation is 1. The molecule has 0 aromatic heterocycles. The van der Waals surface area contributed by atoms with E-state index in [0.29, 0.717) is 18.0 Å². The standard InChI is InChI=1S/C25H23ClF3N3O3/c1-16-5-4-6-21(35-12-11-34-3)23(16)31(2)24(33)19-8-7-18(26)14-20(19)32-10-9-17(15-30)13-22(32)25(27,28)29/h4-9,13-14H,10-12H2,1-3H3. The summed E-state index contributed by atoms with van der Waals surface area (Å²) in [6.45, 7) is 2.14. The molecule has 3 rings (SSSR count). The van der Waals surface area contributed by atoms with Gasteiger partial charge in [-0.2, -0.15) is 18.4 Å². The molecule has 1 aliphatic rings. The number of rotatable bonds is 7. The first kappa shape index (κ1) is 26.1. The Balaban J connectivity index is 2.06. The molecule has 1 amide bonds. The van der Waals surface area contributed by atoms with Crippen molar-refractivity contribution in [2.75, 3.05) is 43.7 Å². The molecule has 0 saturated carbocycles. The molecule has 0 aliphatic carbocycles. The molecular weight excluding hydrogens is 483 g/mol. The van der Waals surface area contributed by atoms with Crippen LogP contribution >= 0.6 is 11.6 Å². The smallest absolute Gasteiger partial charge is 0.431 e. The number of nitriles is 1.